The summed E-state index contributed by atoms with van der Waals surface area (Å²) in [4.78, 5) is 26.3. The number of hydrogen-bond donors (Lipinski definition) is 0. The first-order valence-corrected chi connectivity index (χ1v) is 6.18. The van der Waals surface area contributed by atoms with E-state index in [9.17, 15) is 14.9 Å². The van der Waals surface area contributed by atoms with Gasteiger partial charge in [0.05, 0.1) is 5.56 Å². The van der Waals surface area contributed by atoms with E-state index in [1.165, 1.54) is 17.0 Å². The van der Waals surface area contributed by atoms with E-state index in [-0.39, 0.29) is 23.1 Å². The van der Waals surface area contributed by atoms with Crippen molar-refractivity contribution in [3.8, 4) is 5.75 Å². The summed E-state index contributed by atoms with van der Waals surface area (Å²) in [6.07, 6.45) is 2.67. The van der Waals surface area contributed by atoms with Crippen LogP contribution in [0, 0.1) is 17.0 Å². The highest BCUT2D eigenvalue weighted by molar-refractivity contribution is 6.14. The largest absolute Gasteiger partial charge is 0.452 e. The maximum absolute atomic E-state index is 12.2. The molecule has 0 saturated carbocycles. The molecule has 2 heterocycles. The molecule has 7 nitrogen and oxygen atoms in total. The molecule has 0 spiro atoms. The third-order valence-corrected chi connectivity index (χ3v) is 3.23. The molecule has 106 valence electrons. The minimum absolute atomic E-state index is 0.0577. The molecule has 0 amide bonds. The van der Waals surface area contributed by atoms with E-state index in [1.54, 1.807) is 19.2 Å². The van der Waals surface area contributed by atoms with Gasteiger partial charge in [-0.3, -0.25) is 4.79 Å². The second-order valence-corrected chi connectivity index (χ2v) is 4.76. The van der Waals surface area contributed by atoms with Crippen LogP contribution in [0.4, 0.5) is 5.82 Å². The van der Waals surface area contributed by atoms with Gasteiger partial charge in [0.25, 0.3) is 0 Å². The molecular formula is C14H11N3O4. The van der Waals surface area contributed by atoms with Crippen LogP contribution in [0.5, 0.6) is 5.75 Å². The fourth-order valence-electron chi connectivity index (χ4n) is 2.15. The molecule has 1 aromatic carbocycles. The topological polar surface area (TPSA) is 87.3 Å². The molecule has 0 saturated heterocycles. The number of allylic oxidation sites excluding steroid dienone is 1. The summed E-state index contributed by atoms with van der Waals surface area (Å²) in [6, 6.07) is 5.26. The molecule has 21 heavy (non-hydrogen) atoms. The van der Waals surface area contributed by atoms with Gasteiger partial charge < -0.3 is 19.4 Å². The van der Waals surface area contributed by atoms with Crippen molar-refractivity contribution in [3.05, 3.63) is 57.2 Å². The quantitative estimate of drug-likeness (QED) is 0.480. The van der Waals surface area contributed by atoms with Crippen molar-refractivity contribution in [1.29, 1.82) is 0 Å². The van der Waals surface area contributed by atoms with Crippen LogP contribution in [0.1, 0.15) is 21.6 Å². The lowest BCUT2D eigenvalue weighted by Crippen LogP contribution is -2.01. The standard InChI is InChI=1S/C14H11N3O4/c1-8-3-4-9-11(5-8)21-12(13(9)18)6-10-14(17(19)20)15-7-16(10)2/h3-7H,1-2H3/b12-6-. The Bertz CT molecular complexity index is 805. The molecule has 3 rings (SSSR count). The van der Waals surface area contributed by atoms with Gasteiger partial charge in [0.15, 0.2) is 5.76 Å². The number of carbonyl (C=O) groups excluding carboxylic acids is 1. The van der Waals surface area contributed by atoms with Crippen molar-refractivity contribution in [2.24, 2.45) is 7.05 Å². The van der Waals surface area contributed by atoms with Gasteiger partial charge in [-0.2, -0.15) is 0 Å². The van der Waals surface area contributed by atoms with Crippen LogP contribution >= 0.6 is 0 Å². The monoisotopic (exact) mass is 285 g/mol. The number of ketones is 1. The summed E-state index contributed by atoms with van der Waals surface area (Å²) >= 11 is 0. The molecule has 0 fully saturated rings. The summed E-state index contributed by atoms with van der Waals surface area (Å²) in [7, 11) is 1.61. The van der Waals surface area contributed by atoms with E-state index in [4.69, 9.17) is 4.74 Å². The van der Waals surface area contributed by atoms with Gasteiger partial charge in [-0.25, -0.2) is 0 Å². The molecule has 0 unspecified atom stereocenters. The first-order chi connectivity index (χ1) is 9.97. The molecule has 1 aromatic heterocycles. The number of nitrogens with zero attached hydrogens (tertiary/aromatic N) is 3. The summed E-state index contributed by atoms with van der Waals surface area (Å²) in [5.41, 5.74) is 1.64. The van der Waals surface area contributed by atoms with E-state index < -0.39 is 4.92 Å². The van der Waals surface area contributed by atoms with E-state index in [2.05, 4.69) is 4.98 Å². The predicted octanol–water partition coefficient (Wildman–Crippen LogP) is 2.25. The zero-order valence-corrected chi connectivity index (χ0v) is 11.4. The summed E-state index contributed by atoms with van der Waals surface area (Å²) in [5, 5.41) is 10.9. The Kier molecular flexibility index (Phi) is 2.83. The Labute approximate surface area is 119 Å². The van der Waals surface area contributed by atoms with Gasteiger partial charge in [0.1, 0.15) is 11.4 Å². The van der Waals surface area contributed by atoms with E-state index in [0.29, 0.717) is 11.3 Å². The van der Waals surface area contributed by atoms with Crippen molar-refractivity contribution < 1.29 is 14.5 Å². The number of fused-ring (bicyclic) bond motifs is 1. The molecule has 1 aliphatic heterocycles. The zero-order chi connectivity index (χ0) is 15.1. The zero-order valence-electron chi connectivity index (χ0n) is 11.4. The first kappa shape index (κ1) is 13.0. The van der Waals surface area contributed by atoms with Crippen molar-refractivity contribution in [2.75, 3.05) is 0 Å². The number of hydrogen-bond acceptors (Lipinski definition) is 5. The van der Waals surface area contributed by atoms with Gasteiger partial charge >= 0.3 is 5.82 Å². The average molecular weight is 285 g/mol. The molecule has 0 atom stereocenters. The summed E-state index contributed by atoms with van der Waals surface area (Å²) in [6.45, 7) is 1.89. The Morgan fingerprint density at radius 3 is 2.90 bits per heavy atom. The van der Waals surface area contributed by atoms with E-state index in [1.807, 2.05) is 13.0 Å². The molecule has 0 N–H and O–H groups in total. The Morgan fingerprint density at radius 2 is 2.19 bits per heavy atom. The highest BCUT2D eigenvalue weighted by Crippen LogP contribution is 2.33. The number of aryl methyl sites for hydroxylation is 2. The maximum Gasteiger partial charge on any atom is 0.389 e. The smallest absolute Gasteiger partial charge is 0.389 e. The Morgan fingerprint density at radius 1 is 1.43 bits per heavy atom. The number of imidazole rings is 1. The number of Topliss-reactive ketones (excluding diaryl/α,β-unsaturated/α-hetero) is 1. The van der Waals surface area contributed by atoms with Crippen LogP contribution in [-0.2, 0) is 7.05 Å². The third kappa shape index (κ3) is 2.08. The normalized spacial score (nSPS) is 15.1. The second kappa shape index (κ2) is 4.55. The van der Waals surface area contributed by atoms with Gasteiger partial charge in [-0.15, -0.1) is 0 Å². The Hall–Kier alpha value is -2.96. The maximum atomic E-state index is 12.2. The van der Waals surface area contributed by atoms with Gasteiger partial charge in [0, 0.05) is 13.1 Å². The number of benzene rings is 1. The predicted molar refractivity (Wildman–Crippen MR) is 74.0 cm³/mol. The van der Waals surface area contributed by atoms with Gasteiger partial charge in [-0.05, 0) is 34.5 Å². The molecule has 2 aromatic rings. The van der Waals surface area contributed by atoms with Gasteiger partial charge in [0.2, 0.25) is 12.1 Å². The van der Waals surface area contributed by atoms with Crippen molar-refractivity contribution in [3.63, 3.8) is 0 Å². The highest BCUT2D eigenvalue weighted by Gasteiger charge is 2.29. The van der Waals surface area contributed by atoms with Gasteiger partial charge in [-0.1, -0.05) is 6.07 Å². The van der Waals surface area contributed by atoms with Crippen LogP contribution in [0.25, 0.3) is 6.08 Å². The minimum atomic E-state index is -0.594. The SMILES string of the molecule is Cc1ccc2c(c1)O/C(=C\c1c([N+](=O)[O-])ncn1C)C2=O. The fraction of sp³-hybridized carbons (Fsp3) is 0.143. The number of carbonyl (C=O) groups is 1. The van der Waals surface area contributed by atoms with Crippen LogP contribution in [0.2, 0.25) is 0 Å². The molecule has 1 aliphatic rings. The van der Waals surface area contributed by atoms with Crippen molar-refractivity contribution >= 4 is 17.7 Å². The third-order valence-electron chi connectivity index (χ3n) is 3.23. The number of aromatic nitrogens is 2. The highest BCUT2D eigenvalue weighted by atomic mass is 16.6. The molecule has 0 aliphatic carbocycles. The van der Waals surface area contributed by atoms with E-state index in [0.717, 1.165) is 5.56 Å². The van der Waals surface area contributed by atoms with Crippen LogP contribution in [0.3, 0.4) is 0 Å². The van der Waals surface area contributed by atoms with E-state index >= 15 is 0 Å². The summed E-state index contributed by atoms with van der Waals surface area (Å²) in [5.74, 6) is -0.0765. The van der Waals surface area contributed by atoms with Crippen molar-refractivity contribution in [1.82, 2.24) is 9.55 Å². The number of ether oxygens (including phenoxy) is 1. The molecular weight excluding hydrogens is 274 g/mol. The van der Waals surface area contributed by atoms with Crippen LogP contribution in [0.15, 0.2) is 30.3 Å². The Balaban J connectivity index is 2.06. The molecule has 0 bridgehead atoms. The lowest BCUT2D eigenvalue weighted by Gasteiger charge is -1.99. The lowest BCUT2D eigenvalue weighted by molar-refractivity contribution is -0.389. The van der Waals surface area contributed by atoms with Crippen LogP contribution < -0.4 is 4.74 Å². The lowest BCUT2D eigenvalue weighted by atomic mass is 10.1. The number of rotatable bonds is 2. The summed E-state index contributed by atoms with van der Waals surface area (Å²) < 4.78 is 6.98. The van der Waals surface area contributed by atoms with Crippen LogP contribution in [-0.4, -0.2) is 20.3 Å². The second-order valence-electron chi connectivity index (χ2n) is 4.76. The minimum Gasteiger partial charge on any atom is -0.452 e. The molecule has 7 heteroatoms. The van der Waals surface area contributed by atoms with Crippen molar-refractivity contribution in [2.45, 2.75) is 6.92 Å². The first-order valence-electron chi connectivity index (χ1n) is 6.18. The average Bonchev–Trinajstić information content (AvgIpc) is 2.92. The fourth-order valence-corrected chi connectivity index (χ4v) is 2.15. The molecule has 0 radical (unpaired) electrons. The number of nitro groups is 1.